The maximum Gasteiger partial charge on any atom is 0.308 e. The fourth-order valence-corrected chi connectivity index (χ4v) is 4.12. The molecule has 2 heterocycles. The summed E-state index contributed by atoms with van der Waals surface area (Å²) in [5, 5.41) is 7.54. The van der Waals surface area contributed by atoms with Gasteiger partial charge in [0, 0.05) is 23.9 Å². The Morgan fingerprint density at radius 2 is 1.75 bits per heavy atom. The molecule has 1 amide bonds. The van der Waals surface area contributed by atoms with Crippen molar-refractivity contribution in [2.24, 2.45) is 5.92 Å². The number of nitrogens with one attached hydrogen (secondary N) is 1. The highest BCUT2D eigenvalue weighted by Crippen LogP contribution is 2.32. The van der Waals surface area contributed by atoms with Crippen molar-refractivity contribution in [1.82, 2.24) is 19.9 Å². The summed E-state index contributed by atoms with van der Waals surface area (Å²) in [6, 6.07) is 9.08. The Bertz CT molecular complexity index is 1130. The maximum absolute atomic E-state index is 12.8. The van der Waals surface area contributed by atoms with Crippen molar-refractivity contribution >= 4 is 17.5 Å². The lowest BCUT2D eigenvalue weighted by Gasteiger charge is -2.27. The van der Waals surface area contributed by atoms with Crippen molar-refractivity contribution < 1.29 is 23.8 Å². The number of aromatic nitrogens is 3. The van der Waals surface area contributed by atoms with Crippen LogP contribution in [0.5, 0.6) is 11.5 Å². The minimum Gasteiger partial charge on any atom is -0.493 e. The van der Waals surface area contributed by atoms with Crippen molar-refractivity contribution in [2.75, 3.05) is 21.3 Å². The first-order valence-corrected chi connectivity index (χ1v) is 10.5. The highest BCUT2D eigenvalue weighted by atomic mass is 16.5. The highest BCUT2D eigenvalue weighted by Gasteiger charge is 2.28. The summed E-state index contributed by atoms with van der Waals surface area (Å²) >= 11 is 0. The van der Waals surface area contributed by atoms with Gasteiger partial charge in [-0.15, -0.1) is 0 Å². The topological polar surface area (TPSA) is 104 Å². The number of carbonyl (C=O) groups excluding carboxylic acids is 2. The van der Waals surface area contributed by atoms with Crippen LogP contribution in [0.1, 0.15) is 36.2 Å². The third-order valence-corrected chi connectivity index (χ3v) is 5.87. The van der Waals surface area contributed by atoms with E-state index in [4.69, 9.17) is 14.2 Å². The average Bonchev–Trinajstić information content (AvgIpc) is 3.28. The van der Waals surface area contributed by atoms with E-state index in [1.807, 2.05) is 24.3 Å². The van der Waals surface area contributed by atoms with Crippen LogP contribution in [0.15, 0.2) is 36.5 Å². The predicted octanol–water partition coefficient (Wildman–Crippen LogP) is 2.88. The van der Waals surface area contributed by atoms with E-state index < -0.39 is 0 Å². The van der Waals surface area contributed by atoms with Crippen molar-refractivity contribution in [2.45, 2.75) is 31.7 Å². The van der Waals surface area contributed by atoms with Gasteiger partial charge in [-0.05, 0) is 49.9 Å². The van der Waals surface area contributed by atoms with E-state index in [0.717, 1.165) is 24.1 Å². The van der Waals surface area contributed by atoms with Gasteiger partial charge in [0.05, 0.1) is 32.9 Å². The number of amides is 1. The molecule has 0 bridgehead atoms. The Hall–Kier alpha value is -3.62. The molecule has 0 atom stereocenters. The second kappa shape index (κ2) is 9.25. The predicted molar refractivity (Wildman–Crippen MR) is 117 cm³/mol. The van der Waals surface area contributed by atoms with Crippen LogP contribution in [0.2, 0.25) is 0 Å². The average molecular weight is 438 g/mol. The summed E-state index contributed by atoms with van der Waals surface area (Å²) in [4.78, 5) is 28.9. The summed E-state index contributed by atoms with van der Waals surface area (Å²) in [6.45, 7) is 0. The molecule has 0 aliphatic heterocycles. The summed E-state index contributed by atoms with van der Waals surface area (Å²) < 4.78 is 17.2. The van der Waals surface area contributed by atoms with Crippen LogP contribution in [-0.2, 0) is 9.53 Å². The molecule has 168 valence electrons. The number of esters is 1. The molecule has 4 rings (SSSR count). The van der Waals surface area contributed by atoms with Gasteiger partial charge in [-0.25, -0.2) is 9.50 Å². The molecule has 9 nitrogen and oxygen atoms in total. The molecular formula is C23H26N4O5. The Kier molecular flexibility index (Phi) is 6.25. The smallest absolute Gasteiger partial charge is 0.308 e. The molecule has 1 aromatic carbocycles. The molecule has 1 N–H and O–H groups in total. The van der Waals surface area contributed by atoms with Gasteiger partial charge in [0.1, 0.15) is 0 Å². The van der Waals surface area contributed by atoms with Gasteiger partial charge in [-0.2, -0.15) is 5.10 Å². The van der Waals surface area contributed by atoms with Gasteiger partial charge < -0.3 is 19.5 Å². The normalized spacial score (nSPS) is 18.2. The molecule has 9 heteroatoms. The Morgan fingerprint density at radius 3 is 2.44 bits per heavy atom. The van der Waals surface area contributed by atoms with Crippen molar-refractivity contribution in [3.8, 4) is 22.8 Å². The zero-order valence-corrected chi connectivity index (χ0v) is 18.3. The van der Waals surface area contributed by atoms with E-state index in [1.165, 1.54) is 7.11 Å². The zero-order valence-electron chi connectivity index (χ0n) is 18.3. The second-order valence-corrected chi connectivity index (χ2v) is 7.74. The van der Waals surface area contributed by atoms with Gasteiger partial charge in [0.25, 0.3) is 5.91 Å². The zero-order chi connectivity index (χ0) is 22.7. The first-order valence-electron chi connectivity index (χ1n) is 10.5. The Labute approximate surface area is 185 Å². The minimum atomic E-state index is -0.254. The molecule has 0 saturated heterocycles. The molecule has 3 aromatic rings. The van der Waals surface area contributed by atoms with E-state index in [-0.39, 0.29) is 23.8 Å². The number of nitrogens with zero attached hydrogens (tertiary/aromatic N) is 3. The van der Waals surface area contributed by atoms with Crippen LogP contribution in [0.3, 0.4) is 0 Å². The molecule has 2 aromatic heterocycles. The fourth-order valence-electron chi connectivity index (χ4n) is 4.12. The number of ether oxygens (including phenoxy) is 3. The van der Waals surface area contributed by atoms with Gasteiger partial charge in [0.15, 0.2) is 22.8 Å². The molecule has 0 radical (unpaired) electrons. The molecule has 1 fully saturated rings. The number of benzene rings is 1. The molecule has 1 aliphatic rings. The van der Waals surface area contributed by atoms with E-state index in [1.54, 1.807) is 31.0 Å². The summed E-state index contributed by atoms with van der Waals surface area (Å²) in [5.74, 6) is 0.711. The number of hydrogen-bond acceptors (Lipinski definition) is 7. The van der Waals surface area contributed by atoms with Gasteiger partial charge in [-0.1, -0.05) is 0 Å². The third-order valence-electron chi connectivity index (χ3n) is 5.87. The number of rotatable bonds is 6. The summed E-state index contributed by atoms with van der Waals surface area (Å²) in [5.41, 5.74) is 2.48. The van der Waals surface area contributed by atoms with Crippen LogP contribution >= 0.6 is 0 Å². The van der Waals surface area contributed by atoms with Crippen molar-refractivity contribution in [1.29, 1.82) is 0 Å². The Morgan fingerprint density at radius 1 is 1.00 bits per heavy atom. The lowest BCUT2D eigenvalue weighted by molar-refractivity contribution is -0.146. The van der Waals surface area contributed by atoms with Gasteiger partial charge in [0.2, 0.25) is 0 Å². The molecule has 0 unspecified atom stereocenters. The SMILES string of the molecule is COc1ccc(-c2ccnc3cc(C(=O)N[C@H]4CC[C@H](C(=O)OC)CC4)nn23)cc1OC. The number of hydrogen-bond donors (Lipinski definition) is 1. The summed E-state index contributed by atoms with van der Waals surface area (Å²) in [6.07, 6.45) is 4.54. The lowest BCUT2D eigenvalue weighted by atomic mass is 9.86. The van der Waals surface area contributed by atoms with Gasteiger partial charge >= 0.3 is 5.97 Å². The largest absolute Gasteiger partial charge is 0.493 e. The molecular weight excluding hydrogens is 412 g/mol. The van der Waals surface area contributed by atoms with Gasteiger partial charge in [-0.3, -0.25) is 9.59 Å². The molecule has 1 aliphatic carbocycles. The van der Waals surface area contributed by atoms with E-state index in [2.05, 4.69) is 15.4 Å². The Balaban J connectivity index is 1.53. The van der Waals surface area contributed by atoms with E-state index in [0.29, 0.717) is 35.7 Å². The van der Waals surface area contributed by atoms with Crippen LogP contribution in [0, 0.1) is 5.92 Å². The standard InChI is InChI=1S/C23H26N4O5/c1-30-19-9-6-15(12-20(19)31-2)18-10-11-24-21-13-17(26-27(18)21)22(28)25-16-7-4-14(5-8-16)23(29)32-3/h6,9-14,16H,4-5,7-8H2,1-3H3,(H,25,28)/t14-,16-. The molecule has 1 saturated carbocycles. The van der Waals surface area contributed by atoms with Crippen LogP contribution in [0.25, 0.3) is 16.9 Å². The summed E-state index contributed by atoms with van der Waals surface area (Å²) in [7, 11) is 4.57. The molecule has 0 spiro atoms. The van der Waals surface area contributed by atoms with Crippen molar-refractivity contribution in [3.05, 3.63) is 42.2 Å². The van der Waals surface area contributed by atoms with Crippen LogP contribution in [0.4, 0.5) is 0 Å². The number of fused-ring (bicyclic) bond motifs is 1. The highest BCUT2D eigenvalue weighted by molar-refractivity contribution is 5.93. The second-order valence-electron chi connectivity index (χ2n) is 7.74. The molecule has 32 heavy (non-hydrogen) atoms. The van der Waals surface area contributed by atoms with Crippen molar-refractivity contribution in [3.63, 3.8) is 0 Å². The first kappa shape index (κ1) is 21.6. The number of carbonyl (C=O) groups is 2. The quantitative estimate of drug-likeness (QED) is 0.590. The van der Waals surface area contributed by atoms with Crippen LogP contribution in [-0.4, -0.2) is 53.8 Å². The first-order chi connectivity index (χ1) is 15.5. The van der Waals surface area contributed by atoms with E-state index in [9.17, 15) is 9.59 Å². The monoisotopic (exact) mass is 438 g/mol. The third kappa shape index (κ3) is 4.23. The minimum absolute atomic E-state index is 0.00602. The fraction of sp³-hybridized carbons (Fsp3) is 0.391. The lowest BCUT2D eigenvalue weighted by Crippen LogP contribution is -2.39. The van der Waals surface area contributed by atoms with E-state index >= 15 is 0 Å². The maximum atomic E-state index is 12.8. The number of methoxy groups -OCH3 is 3. The van der Waals surface area contributed by atoms with Crippen LogP contribution < -0.4 is 14.8 Å².